The normalized spacial score (nSPS) is 10.1. The molecule has 0 aliphatic rings. The molecule has 16 heavy (non-hydrogen) atoms. The van der Waals surface area contributed by atoms with Gasteiger partial charge in [-0.25, -0.2) is 0 Å². The Morgan fingerprint density at radius 1 is 1.44 bits per heavy atom. The minimum Gasteiger partial charge on any atom is -0.351 e. The molecule has 2 heterocycles. The van der Waals surface area contributed by atoms with Crippen LogP contribution in [0.2, 0.25) is 0 Å². The average molecular weight is 217 g/mol. The van der Waals surface area contributed by atoms with E-state index in [0.717, 1.165) is 5.56 Å². The van der Waals surface area contributed by atoms with Crippen molar-refractivity contribution in [3.8, 4) is 0 Å². The highest BCUT2D eigenvalue weighted by Crippen LogP contribution is 2.02. The van der Waals surface area contributed by atoms with Crippen LogP contribution >= 0.6 is 0 Å². The average Bonchev–Trinajstić information content (AvgIpc) is 2.74. The van der Waals surface area contributed by atoms with Crippen molar-refractivity contribution in [1.82, 2.24) is 15.5 Å². The van der Waals surface area contributed by atoms with Gasteiger partial charge < -0.3 is 9.84 Å². The molecule has 0 saturated heterocycles. The number of hydrogen-bond donors (Lipinski definition) is 1. The van der Waals surface area contributed by atoms with Gasteiger partial charge in [0, 0.05) is 25.0 Å². The van der Waals surface area contributed by atoms with Gasteiger partial charge in [-0.1, -0.05) is 5.16 Å². The standard InChI is InChI=1S/C11H11N3O2/c1-8-6-10(16-14-8)11(15)13-7-9-2-4-12-5-3-9/h2-6H,7H2,1H3,(H,13,15). The number of carbonyl (C=O) groups is 1. The smallest absolute Gasteiger partial charge is 0.290 e. The fraction of sp³-hybridized carbons (Fsp3) is 0.182. The molecule has 0 aliphatic heterocycles. The summed E-state index contributed by atoms with van der Waals surface area (Å²) in [5.74, 6) is -0.0380. The molecule has 0 radical (unpaired) electrons. The molecule has 5 heteroatoms. The molecule has 0 saturated carbocycles. The van der Waals surface area contributed by atoms with Gasteiger partial charge in [-0.3, -0.25) is 9.78 Å². The van der Waals surface area contributed by atoms with Gasteiger partial charge in [0.15, 0.2) is 0 Å². The molecule has 2 rings (SSSR count). The first-order valence-corrected chi connectivity index (χ1v) is 4.86. The van der Waals surface area contributed by atoms with E-state index in [9.17, 15) is 4.79 Å². The van der Waals surface area contributed by atoms with E-state index in [-0.39, 0.29) is 11.7 Å². The molecule has 0 atom stereocenters. The van der Waals surface area contributed by atoms with E-state index in [1.165, 1.54) is 0 Å². The molecule has 0 aliphatic carbocycles. The second-order valence-corrected chi connectivity index (χ2v) is 3.37. The Balaban J connectivity index is 1.94. The van der Waals surface area contributed by atoms with Gasteiger partial charge in [0.05, 0.1) is 5.69 Å². The number of aromatic nitrogens is 2. The molecule has 0 aromatic carbocycles. The Bertz CT molecular complexity index is 479. The number of nitrogens with zero attached hydrogens (tertiary/aromatic N) is 2. The van der Waals surface area contributed by atoms with Gasteiger partial charge in [-0.2, -0.15) is 0 Å². The summed E-state index contributed by atoms with van der Waals surface area (Å²) in [4.78, 5) is 15.5. The summed E-state index contributed by atoms with van der Waals surface area (Å²) in [5.41, 5.74) is 1.67. The third kappa shape index (κ3) is 2.44. The number of nitrogens with one attached hydrogen (secondary N) is 1. The fourth-order valence-electron chi connectivity index (χ4n) is 1.24. The van der Waals surface area contributed by atoms with E-state index in [0.29, 0.717) is 12.2 Å². The first-order chi connectivity index (χ1) is 7.75. The van der Waals surface area contributed by atoms with Crippen LogP contribution in [0.25, 0.3) is 0 Å². The molecule has 2 aromatic heterocycles. The van der Waals surface area contributed by atoms with E-state index in [1.807, 2.05) is 12.1 Å². The second-order valence-electron chi connectivity index (χ2n) is 3.37. The van der Waals surface area contributed by atoms with Crippen LogP contribution in [0.15, 0.2) is 35.1 Å². The number of rotatable bonds is 3. The molecule has 2 aromatic rings. The van der Waals surface area contributed by atoms with Gasteiger partial charge in [0.2, 0.25) is 5.76 Å². The largest absolute Gasteiger partial charge is 0.351 e. The third-order valence-corrected chi connectivity index (χ3v) is 2.05. The molecule has 0 bridgehead atoms. The van der Waals surface area contributed by atoms with E-state index in [4.69, 9.17) is 4.52 Å². The summed E-state index contributed by atoms with van der Waals surface area (Å²) in [7, 11) is 0. The van der Waals surface area contributed by atoms with Crippen molar-refractivity contribution in [2.45, 2.75) is 13.5 Å². The predicted molar refractivity (Wildman–Crippen MR) is 56.6 cm³/mol. The van der Waals surface area contributed by atoms with Crippen LogP contribution in [0.5, 0.6) is 0 Å². The lowest BCUT2D eigenvalue weighted by Gasteiger charge is -2.01. The van der Waals surface area contributed by atoms with Gasteiger partial charge >= 0.3 is 0 Å². The lowest BCUT2D eigenvalue weighted by atomic mass is 10.2. The Morgan fingerprint density at radius 2 is 2.19 bits per heavy atom. The summed E-state index contributed by atoms with van der Waals surface area (Å²) < 4.78 is 4.84. The zero-order chi connectivity index (χ0) is 11.4. The molecule has 0 spiro atoms. The monoisotopic (exact) mass is 217 g/mol. The number of hydrogen-bond acceptors (Lipinski definition) is 4. The number of carbonyl (C=O) groups excluding carboxylic acids is 1. The Morgan fingerprint density at radius 3 is 2.81 bits per heavy atom. The van der Waals surface area contributed by atoms with E-state index < -0.39 is 0 Å². The SMILES string of the molecule is Cc1cc(C(=O)NCc2ccncc2)on1. The molecular weight excluding hydrogens is 206 g/mol. The van der Waals surface area contributed by atoms with Crippen molar-refractivity contribution in [1.29, 1.82) is 0 Å². The van der Waals surface area contributed by atoms with Crippen molar-refractivity contribution >= 4 is 5.91 Å². The first kappa shape index (κ1) is 10.4. The van der Waals surface area contributed by atoms with E-state index >= 15 is 0 Å². The van der Waals surface area contributed by atoms with Crippen LogP contribution in [-0.4, -0.2) is 16.0 Å². The molecular formula is C11H11N3O2. The Labute approximate surface area is 92.5 Å². The lowest BCUT2D eigenvalue weighted by molar-refractivity contribution is 0.0914. The van der Waals surface area contributed by atoms with Crippen LogP contribution in [-0.2, 0) is 6.54 Å². The van der Waals surface area contributed by atoms with Crippen molar-refractivity contribution in [2.75, 3.05) is 0 Å². The lowest BCUT2D eigenvalue weighted by Crippen LogP contribution is -2.22. The van der Waals surface area contributed by atoms with Gasteiger partial charge in [-0.05, 0) is 24.6 Å². The van der Waals surface area contributed by atoms with E-state index in [2.05, 4.69) is 15.5 Å². The highest BCUT2D eigenvalue weighted by Gasteiger charge is 2.10. The van der Waals surface area contributed by atoms with Crippen molar-refractivity contribution in [3.63, 3.8) is 0 Å². The molecule has 1 N–H and O–H groups in total. The second kappa shape index (κ2) is 4.57. The van der Waals surface area contributed by atoms with Crippen LogP contribution in [0, 0.1) is 6.92 Å². The molecule has 5 nitrogen and oxygen atoms in total. The van der Waals surface area contributed by atoms with Crippen molar-refractivity contribution in [2.24, 2.45) is 0 Å². The highest BCUT2D eigenvalue weighted by atomic mass is 16.5. The number of amides is 1. The van der Waals surface area contributed by atoms with Gasteiger partial charge in [0.1, 0.15) is 0 Å². The molecule has 82 valence electrons. The zero-order valence-corrected chi connectivity index (χ0v) is 8.80. The summed E-state index contributed by atoms with van der Waals surface area (Å²) in [5, 5.41) is 6.37. The van der Waals surface area contributed by atoms with Crippen molar-refractivity contribution < 1.29 is 9.32 Å². The maximum Gasteiger partial charge on any atom is 0.290 e. The zero-order valence-electron chi connectivity index (χ0n) is 8.80. The topological polar surface area (TPSA) is 68.0 Å². The van der Waals surface area contributed by atoms with Crippen LogP contribution in [0.4, 0.5) is 0 Å². The predicted octanol–water partition coefficient (Wildman–Crippen LogP) is 1.31. The maximum atomic E-state index is 11.6. The van der Waals surface area contributed by atoms with Gasteiger partial charge in [0.25, 0.3) is 5.91 Å². The minimum atomic E-state index is -0.266. The third-order valence-electron chi connectivity index (χ3n) is 2.05. The molecule has 0 unspecified atom stereocenters. The van der Waals surface area contributed by atoms with Crippen molar-refractivity contribution in [3.05, 3.63) is 47.6 Å². The quantitative estimate of drug-likeness (QED) is 0.841. The van der Waals surface area contributed by atoms with E-state index in [1.54, 1.807) is 25.4 Å². The number of pyridine rings is 1. The summed E-state index contributed by atoms with van der Waals surface area (Å²) >= 11 is 0. The summed E-state index contributed by atoms with van der Waals surface area (Å²) in [6.45, 7) is 2.21. The van der Waals surface area contributed by atoms with Crippen LogP contribution in [0.1, 0.15) is 21.8 Å². The van der Waals surface area contributed by atoms with Crippen LogP contribution in [0.3, 0.4) is 0 Å². The summed E-state index contributed by atoms with van der Waals surface area (Å²) in [6, 6.07) is 5.28. The number of aryl methyl sites for hydroxylation is 1. The summed E-state index contributed by atoms with van der Waals surface area (Å²) in [6.07, 6.45) is 3.36. The molecule has 1 amide bonds. The fourth-order valence-corrected chi connectivity index (χ4v) is 1.24. The van der Waals surface area contributed by atoms with Gasteiger partial charge in [-0.15, -0.1) is 0 Å². The minimum absolute atomic E-state index is 0.228. The molecule has 0 fully saturated rings. The first-order valence-electron chi connectivity index (χ1n) is 4.86. The maximum absolute atomic E-state index is 11.6. The Hall–Kier alpha value is -2.17. The Kier molecular flexibility index (Phi) is 2.95. The van der Waals surface area contributed by atoms with Crippen LogP contribution < -0.4 is 5.32 Å². The highest BCUT2D eigenvalue weighted by molar-refractivity contribution is 5.91.